The van der Waals surface area contributed by atoms with Crippen LogP contribution in [0, 0.1) is 0 Å². The molecule has 0 aromatic carbocycles. The number of nitrogens with zero attached hydrogens (tertiary/aromatic N) is 3. The number of anilines is 1. The average Bonchev–Trinajstić information content (AvgIpc) is 2.95. The Bertz CT molecular complexity index is 603. The largest absolute Gasteiger partial charge is 0.318 e. The van der Waals surface area contributed by atoms with Gasteiger partial charge in [0.05, 0.1) is 17.4 Å². The van der Waals surface area contributed by atoms with Crippen LogP contribution >= 0.6 is 0 Å². The van der Waals surface area contributed by atoms with Crippen LogP contribution in [0.5, 0.6) is 0 Å². The van der Waals surface area contributed by atoms with Gasteiger partial charge in [-0.25, -0.2) is 0 Å². The van der Waals surface area contributed by atoms with Crippen molar-refractivity contribution in [2.45, 2.75) is 46.1 Å². The van der Waals surface area contributed by atoms with Gasteiger partial charge < -0.3 is 5.32 Å². The van der Waals surface area contributed by atoms with Crippen molar-refractivity contribution < 1.29 is 4.79 Å². The zero-order valence-electron chi connectivity index (χ0n) is 12.6. The second-order valence-corrected chi connectivity index (χ2v) is 6.16. The molecule has 2 heterocycles. The number of H-pyrrole nitrogens is 1. The Hall–Kier alpha value is -2.11. The van der Waals surface area contributed by atoms with Crippen LogP contribution in [0.1, 0.15) is 56.7 Å². The first-order valence-corrected chi connectivity index (χ1v) is 6.69. The van der Waals surface area contributed by atoms with Crippen LogP contribution < -0.4 is 5.32 Å². The zero-order valence-corrected chi connectivity index (χ0v) is 12.6. The predicted octanol–water partition coefficient (Wildman–Crippen LogP) is 2.74. The number of aromatic nitrogens is 4. The molecule has 2 rings (SSSR count). The lowest BCUT2D eigenvalue weighted by atomic mass is 10.1. The minimum absolute atomic E-state index is 0.111. The highest BCUT2D eigenvalue weighted by Gasteiger charge is 2.16. The van der Waals surface area contributed by atoms with E-state index < -0.39 is 0 Å². The third-order valence-electron chi connectivity index (χ3n) is 2.98. The molecule has 0 aliphatic heterocycles. The Morgan fingerprint density at radius 3 is 2.60 bits per heavy atom. The summed E-state index contributed by atoms with van der Waals surface area (Å²) < 4.78 is 1.81. The van der Waals surface area contributed by atoms with E-state index in [1.165, 1.54) is 0 Å². The molecular formula is C14H21N5O. The van der Waals surface area contributed by atoms with Crippen LogP contribution in [-0.4, -0.2) is 25.9 Å². The Morgan fingerprint density at radius 1 is 1.40 bits per heavy atom. The molecular weight excluding hydrogens is 254 g/mol. The molecule has 20 heavy (non-hydrogen) atoms. The SMILES string of the molecule is CC(C)c1cc(C(=O)Nc2cnn(C(C)(C)C)c2)n[nH]1. The van der Waals surface area contributed by atoms with Crippen LogP contribution in [0.25, 0.3) is 0 Å². The number of carbonyl (C=O) groups is 1. The second kappa shape index (κ2) is 5.11. The summed E-state index contributed by atoms with van der Waals surface area (Å²) >= 11 is 0. The molecule has 0 bridgehead atoms. The molecule has 1 amide bonds. The molecule has 0 aliphatic rings. The van der Waals surface area contributed by atoms with Crippen molar-refractivity contribution in [3.63, 3.8) is 0 Å². The molecule has 6 heteroatoms. The minimum atomic E-state index is -0.235. The monoisotopic (exact) mass is 275 g/mol. The van der Waals surface area contributed by atoms with Gasteiger partial charge in [-0.15, -0.1) is 0 Å². The molecule has 0 atom stereocenters. The summed E-state index contributed by atoms with van der Waals surface area (Å²) in [4.78, 5) is 12.1. The number of carbonyl (C=O) groups excluding carboxylic acids is 1. The van der Waals surface area contributed by atoms with Gasteiger partial charge in [0.2, 0.25) is 0 Å². The molecule has 0 spiro atoms. The number of aromatic amines is 1. The quantitative estimate of drug-likeness (QED) is 0.904. The van der Waals surface area contributed by atoms with Gasteiger partial charge in [-0.2, -0.15) is 10.2 Å². The maximum absolute atomic E-state index is 12.1. The summed E-state index contributed by atoms with van der Waals surface area (Å²) in [5.74, 6) is 0.0781. The summed E-state index contributed by atoms with van der Waals surface area (Å²) in [5, 5.41) is 13.9. The van der Waals surface area contributed by atoms with Gasteiger partial charge in [-0.1, -0.05) is 13.8 Å². The number of hydrogen-bond donors (Lipinski definition) is 2. The van der Waals surface area contributed by atoms with Gasteiger partial charge in [-0.05, 0) is 32.8 Å². The smallest absolute Gasteiger partial charge is 0.276 e. The van der Waals surface area contributed by atoms with Crippen molar-refractivity contribution in [3.8, 4) is 0 Å². The molecule has 0 radical (unpaired) electrons. The highest BCUT2D eigenvalue weighted by atomic mass is 16.1. The van der Waals surface area contributed by atoms with Crippen molar-refractivity contribution in [1.82, 2.24) is 20.0 Å². The van der Waals surface area contributed by atoms with Crippen LogP contribution in [0.2, 0.25) is 0 Å². The van der Waals surface area contributed by atoms with Crippen LogP contribution in [0.15, 0.2) is 18.5 Å². The molecule has 0 unspecified atom stereocenters. The van der Waals surface area contributed by atoms with Gasteiger partial charge >= 0.3 is 0 Å². The first-order chi connectivity index (χ1) is 9.27. The van der Waals surface area contributed by atoms with Crippen LogP contribution in [0.4, 0.5) is 5.69 Å². The lowest BCUT2D eigenvalue weighted by Crippen LogP contribution is -2.22. The molecule has 0 saturated heterocycles. The van der Waals surface area contributed by atoms with E-state index in [-0.39, 0.29) is 11.4 Å². The highest BCUT2D eigenvalue weighted by Crippen LogP contribution is 2.17. The lowest BCUT2D eigenvalue weighted by Gasteiger charge is -2.18. The number of hydrogen-bond acceptors (Lipinski definition) is 3. The van der Waals surface area contributed by atoms with Crippen molar-refractivity contribution in [1.29, 1.82) is 0 Å². The second-order valence-electron chi connectivity index (χ2n) is 6.16. The molecule has 108 valence electrons. The highest BCUT2D eigenvalue weighted by molar-refractivity contribution is 6.02. The summed E-state index contributed by atoms with van der Waals surface area (Å²) in [6.45, 7) is 10.2. The van der Waals surface area contributed by atoms with E-state index >= 15 is 0 Å². The van der Waals surface area contributed by atoms with E-state index in [0.29, 0.717) is 17.3 Å². The summed E-state index contributed by atoms with van der Waals surface area (Å²) in [7, 11) is 0. The summed E-state index contributed by atoms with van der Waals surface area (Å²) in [5.41, 5.74) is 1.89. The Morgan fingerprint density at radius 2 is 2.10 bits per heavy atom. The summed E-state index contributed by atoms with van der Waals surface area (Å²) in [6.07, 6.45) is 3.45. The Labute approximate surface area is 118 Å². The predicted molar refractivity (Wildman–Crippen MR) is 77.9 cm³/mol. The standard InChI is InChI=1S/C14H21N5O/c1-9(2)11-6-12(18-17-11)13(20)16-10-7-15-19(8-10)14(3,4)5/h6-9H,1-5H3,(H,16,20)(H,17,18). The van der Waals surface area contributed by atoms with E-state index in [1.807, 2.05) is 45.5 Å². The van der Waals surface area contributed by atoms with Gasteiger partial charge in [0.1, 0.15) is 0 Å². The fourth-order valence-corrected chi connectivity index (χ4v) is 1.70. The Kier molecular flexibility index (Phi) is 3.65. The maximum Gasteiger partial charge on any atom is 0.276 e. The normalized spacial score (nSPS) is 11.9. The van der Waals surface area contributed by atoms with Crippen molar-refractivity contribution in [2.75, 3.05) is 5.32 Å². The van der Waals surface area contributed by atoms with E-state index in [9.17, 15) is 4.79 Å². The lowest BCUT2D eigenvalue weighted by molar-refractivity contribution is 0.102. The van der Waals surface area contributed by atoms with Gasteiger partial charge in [0.25, 0.3) is 5.91 Å². The van der Waals surface area contributed by atoms with E-state index in [0.717, 1.165) is 5.69 Å². The molecule has 0 aliphatic carbocycles. The third kappa shape index (κ3) is 3.07. The molecule has 6 nitrogen and oxygen atoms in total. The first kappa shape index (κ1) is 14.3. The van der Waals surface area contributed by atoms with Gasteiger partial charge in [-0.3, -0.25) is 14.6 Å². The number of nitrogens with one attached hydrogen (secondary N) is 2. The van der Waals surface area contributed by atoms with Gasteiger partial charge in [0.15, 0.2) is 5.69 Å². The maximum atomic E-state index is 12.1. The third-order valence-corrected chi connectivity index (χ3v) is 2.98. The fourth-order valence-electron chi connectivity index (χ4n) is 1.70. The topological polar surface area (TPSA) is 75.6 Å². The molecule has 2 aromatic rings. The first-order valence-electron chi connectivity index (χ1n) is 6.69. The number of rotatable bonds is 3. The van der Waals surface area contributed by atoms with E-state index in [2.05, 4.69) is 20.6 Å². The van der Waals surface area contributed by atoms with Crippen molar-refractivity contribution in [3.05, 3.63) is 29.8 Å². The molecule has 0 fully saturated rings. The zero-order chi connectivity index (χ0) is 14.9. The van der Waals surface area contributed by atoms with E-state index in [1.54, 1.807) is 12.3 Å². The molecule has 2 aromatic heterocycles. The van der Waals surface area contributed by atoms with Gasteiger partial charge in [0, 0.05) is 11.9 Å². The van der Waals surface area contributed by atoms with Crippen LogP contribution in [0.3, 0.4) is 0 Å². The molecule has 2 N–H and O–H groups in total. The molecule has 0 saturated carbocycles. The fraction of sp³-hybridized carbons (Fsp3) is 0.500. The van der Waals surface area contributed by atoms with Crippen molar-refractivity contribution in [2.24, 2.45) is 0 Å². The van der Waals surface area contributed by atoms with E-state index in [4.69, 9.17) is 0 Å². The van der Waals surface area contributed by atoms with Crippen molar-refractivity contribution >= 4 is 11.6 Å². The average molecular weight is 275 g/mol. The Balaban J connectivity index is 2.09. The summed E-state index contributed by atoms with van der Waals surface area (Å²) in [6, 6.07) is 1.77. The minimum Gasteiger partial charge on any atom is -0.318 e. The van der Waals surface area contributed by atoms with Crippen LogP contribution in [-0.2, 0) is 5.54 Å². The number of amides is 1.